The number of carbonyl (C=O) groups is 1. The lowest BCUT2D eigenvalue weighted by atomic mass is 9.95. The van der Waals surface area contributed by atoms with E-state index in [2.05, 4.69) is 6.92 Å². The van der Waals surface area contributed by atoms with Gasteiger partial charge in [-0.15, -0.1) is 0 Å². The van der Waals surface area contributed by atoms with Crippen molar-refractivity contribution in [2.24, 2.45) is 5.73 Å². The Hall–Kier alpha value is -0.610. The fourth-order valence-corrected chi connectivity index (χ4v) is 2.85. The number of nitrogens with zero attached hydrogens (tertiary/aromatic N) is 1. The van der Waals surface area contributed by atoms with Crippen LogP contribution in [0.15, 0.2) is 0 Å². The molecule has 2 fully saturated rings. The third-order valence-electron chi connectivity index (χ3n) is 3.76. The van der Waals surface area contributed by atoms with E-state index in [0.29, 0.717) is 12.6 Å². The van der Waals surface area contributed by atoms with E-state index in [9.17, 15) is 4.79 Å². The molecule has 3 unspecified atom stereocenters. The van der Waals surface area contributed by atoms with Crippen molar-refractivity contribution in [1.29, 1.82) is 0 Å². The van der Waals surface area contributed by atoms with Gasteiger partial charge < -0.3 is 15.4 Å². The van der Waals surface area contributed by atoms with Crippen LogP contribution in [0.25, 0.3) is 0 Å². The average Bonchev–Trinajstić information content (AvgIpc) is 2.81. The predicted molar refractivity (Wildman–Crippen MR) is 62.0 cm³/mol. The molecule has 0 radical (unpaired) electrons. The zero-order chi connectivity index (χ0) is 11.5. The lowest BCUT2D eigenvalue weighted by Gasteiger charge is -2.41. The number of hydrogen-bond donors (Lipinski definition) is 1. The molecule has 0 spiro atoms. The second-order valence-electron chi connectivity index (χ2n) is 4.92. The smallest absolute Gasteiger partial charge is 0.252 e. The number of carbonyl (C=O) groups excluding carboxylic acids is 1. The summed E-state index contributed by atoms with van der Waals surface area (Å²) in [6, 6.07) is 0.541. The first-order valence-corrected chi connectivity index (χ1v) is 6.38. The maximum Gasteiger partial charge on any atom is 0.252 e. The molecule has 0 aliphatic carbocycles. The van der Waals surface area contributed by atoms with Crippen molar-refractivity contribution < 1.29 is 9.53 Å². The van der Waals surface area contributed by atoms with E-state index in [1.165, 1.54) is 6.42 Å². The lowest BCUT2D eigenvalue weighted by molar-refractivity contribution is -0.147. The number of amides is 1. The Morgan fingerprint density at radius 3 is 2.81 bits per heavy atom. The molecular weight excluding hydrogens is 204 g/mol. The van der Waals surface area contributed by atoms with Crippen molar-refractivity contribution in [3.63, 3.8) is 0 Å². The molecule has 0 saturated carbocycles. The number of hydrogen-bond acceptors (Lipinski definition) is 3. The molecule has 4 nitrogen and oxygen atoms in total. The van der Waals surface area contributed by atoms with E-state index < -0.39 is 0 Å². The number of piperidine rings is 1. The van der Waals surface area contributed by atoms with Crippen molar-refractivity contribution in [3.8, 4) is 0 Å². The Bertz CT molecular complexity index is 251. The SMILES string of the molecule is CC1CCCC(CN)N1C(=O)C1CCCO1. The van der Waals surface area contributed by atoms with Gasteiger partial charge in [0, 0.05) is 25.2 Å². The van der Waals surface area contributed by atoms with E-state index >= 15 is 0 Å². The zero-order valence-electron chi connectivity index (χ0n) is 10.0. The molecule has 2 aliphatic rings. The molecule has 0 bridgehead atoms. The molecule has 1 amide bonds. The van der Waals surface area contributed by atoms with Crippen LogP contribution in [-0.4, -0.2) is 42.1 Å². The van der Waals surface area contributed by atoms with Crippen LogP contribution in [-0.2, 0) is 9.53 Å². The van der Waals surface area contributed by atoms with E-state index in [1.54, 1.807) is 0 Å². The highest BCUT2D eigenvalue weighted by atomic mass is 16.5. The Balaban J connectivity index is 2.05. The average molecular weight is 226 g/mol. The van der Waals surface area contributed by atoms with Gasteiger partial charge in [0.2, 0.25) is 0 Å². The van der Waals surface area contributed by atoms with E-state index in [1.807, 2.05) is 4.90 Å². The normalized spacial score (nSPS) is 35.4. The van der Waals surface area contributed by atoms with Gasteiger partial charge in [0.15, 0.2) is 0 Å². The van der Waals surface area contributed by atoms with Gasteiger partial charge >= 0.3 is 0 Å². The number of likely N-dealkylation sites (tertiary alicyclic amines) is 1. The summed E-state index contributed by atoms with van der Waals surface area (Å²) in [6.07, 6.45) is 4.99. The summed E-state index contributed by atoms with van der Waals surface area (Å²) in [4.78, 5) is 14.3. The molecule has 4 heteroatoms. The summed E-state index contributed by atoms with van der Waals surface area (Å²) in [5, 5.41) is 0. The fraction of sp³-hybridized carbons (Fsp3) is 0.917. The first-order valence-electron chi connectivity index (χ1n) is 6.38. The summed E-state index contributed by atoms with van der Waals surface area (Å²) in [5.41, 5.74) is 5.76. The number of rotatable bonds is 2. The van der Waals surface area contributed by atoms with E-state index in [-0.39, 0.29) is 18.1 Å². The molecular formula is C12H22N2O2. The largest absolute Gasteiger partial charge is 0.368 e. The maximum absolute atomic E-state index is 12.3. The quantitative estimate of drug-likeness (QED) is 0.761. The summed E-state index contributed by atoms with van der Waals surface area (Å²) >= 11 is 0. The van der Waals surface area contributed by atoms with Crippen molar-refractivity contribution >= 4 is 5.91 Å². The first kappa shape index (κ1) is 11.9. The van der Waals surface area contributed by atoms with Gasteiger partial charge in [-0.3, -0.25) is 4.79 Å². The third-order valence-corrected chi connectivity index (χ3v) is 3.76. The summed E-state index contributed by atoms with van der Waals surface area (Å²) < 4.78 is 5.48. The van der Waals surface area contributed by atoms with Crippen LogP contribution in [0.4, 0.5) is 0 Å². The van der Waals surface area contributed by atoms with Crippen LogP contribution < -0.4 is 5.73 Å². The van der Waals surface area contributed by atoms with Gasteiger partial charge in [0.1, 0.15) is 6.10 Å². The second-order valence-corrected chi connectivity index (χ2v) is 4.92. The zero-order valence-corrected chi connectivity index (χ0v) is 10.0. The molecule has 2 aliphatic heterocycles. The molecule has 0 aromatic carbocycles. The van der Waals surface area contributed by atoms with Crippen LogP contribution in [0.5, 0.6) is 0 Å². The minimum absolute atomic E-state index is 0.167. The van der Waals surface area contributed by atoms with Gasteiger partial charge in [-0.2, -0.15) is 0 Å². The predicted octanol–water partition coefficient (Wildman–Crippen LogP) is 0.894. The molecule has 16 heavy (non-hydrogen) atoms. The topological polar surface area (TPSA) is 55.6 Å². The van der Waals surface area contributed by atoms with Crippen LogP contribution in [0, 0.1) is 0 Å². The van der Waals surface area contributed by atoms with Crippen LogP contribution >= 0.6 is 0 Å². The molecule has 0 aromatic heterocycles. The molecule has 92 valence electrons. The highest BCUT2D eigenvalue weighted by molar-refractivity contribution is 5.82. The molecule has 2 rings (SSSR count). The summed E-state index contributed by atoms with van der Waals surface area (Å²) in [7, 11) is 0. The number of ether oxygens (including phenoxy) is 1. The fourth-order valence-electron chi connectivity index (χ4n) is 2.85. The Labute approximate surface area is 97.1 Å². The van der Waals surface area contributed by atoms with Crippen molar-refractivity contribution in [2.45, 2.75) is 57.2 Å². The minimum Gasteiger partial charge on any atom is -0.368 e. The second kappa shape index (κ2) is 5.15. The number of nitrogens with two attached hydrogens (primary N) is 1. The molecule has 2 saturated heterocycles. The molecule has 0 aromatic rings. The lowest BCUT2D eigenvalue weighted by Crippen LogP contribution is -2.54. The molecule has 3 atom stereocenters. The maximum atomic E-state index is 12.3. The van der Waals surface area contributed by atoms with Gasteiger partial charge in [-0.1, -0.05) is 0 Å². The van der Waals surface area contributed by atoms with Crippen LogP contribution in [0.1, 0.15) is 39.0 Å². The van der Waals surface area contributed by atoms with Crippen LogP contribution in [0.3, 0.4) is 0 Å². The Morgan fingerprint density at radius 1 is 1.38 bits per heavy atom. The standard InChI is InChI=1S/C12H22N2O2/c1-9-4-2-5-10(8-13)14(9)12(15)11-6-3-7-16-11/h9-11H,2-8,13H2,1H3. The third kappa shape index (κ3) is 2.23. The van der Waals surface area contributed by atoms with Gasteiger partial charge in [0.05, 0.1) is 0 Å². The highest BCUT2D eigenvalue weighted by Crippen LogP contribution is 2.25. The monoisotopic (exact) mass is 226 g/mol. The van der Waals surface area contributed by atoms with Crippen molar-refractivity contribution in [2.75, 3.05) is 13.2 Å². The molecule has 2 N–H and O–H groups in total. The minimum atomic E-state index is -0.199. The summed E-state index contributed by atoms with van der Waals surface area (Å²) in [6.45, 7) is 3.42. The Morgan fingerprint density at radius 2 is 2.19 bits per heavy atom. The van der Waals surface area contributed by atoms with Crippen LogP contribution in [0.2, 0.25) is 0 Å². The van der Waals surface area contributed by atoms with E-state index in [0.717, 1.165) is 32.3 Å². The van der Waals surface area contributed by atoms with Crippen molar-refractivity contribution in [1.82, 2.24) is 4.90 Å². The summed E-state index contributed by atoms with van der Waals surface area (Å²) in [5.74, 6) is 0.167. The molecule has 2 heterocycles. The highest BCUT2D eigenvalue weighted by Gasteiger charge is 2.36. The van der Waals surface area contributed by atoms with Gasteiger partial charge in [-0.05, 0) is 39.0 Å². The van der Waals surface area contributed by atoms with Gasteiger partial charge in [0.25, 0.3) is 5.91 Å². The van der Waals surface area contributed by atoms with Crippen molar-refractivity contribution in [3.05, 3.63) is 0 Å². The van der Waals surface area contributed by atoms with Gasteiger partial charge in [-0.25, -0.2) is 0 Å². The first-order chi connectivity index (χ1) is 7.74. The Kier molecular flexibility index (Phi) is 3.82. The van der Waals surface area contributed by atoms with E-state index in [4.69, 9.17) is 10.5 Å².